The Morgan fingerprint density at radius 2 is 1.17 bits per heavy atom. The van der Waals surface area contributed by atoms with Crippen molar-refractivity contribution in [1.82, 2.24) is 0 Å². The summed E-state index contributed by atoms with van der Waals surface area (Å²) < 4.78 is 12.1. The van der Waals surface area contributed by atoms with Crippen LogP contribution in [0.15, 0.2) is 39.2 Å². The summed E-state index contributed by atoms with van der Waals surface area (Å²) in [5, 5.41) is 27.3. The molecule has 0 atom stereocenters. The summed E-state index contributed by atoms with van der Waals surface area (Å²) in [6.07, 6.45) is 0. The van der Waals surface area contributed by atoms with E-state index in [-0.39, 0.29) is 17.1 Å². The van der Waals surface area contributed by atoms with E-state index in [9.17, 15) is 20.1 Å². The van der Waals surface area contributed by atoms with Crippen molar-refractivity contribution in [3.05, 3.63) is 19.6 Å². The van der Waals surface area contributed by atoms with Crippen LogP contribution in [0, 0.1) is 34.0 Å². The zero-order valence-electron chi connectivity index (χ0n) is 15.1. The minimum atomic E-state index is -1.09. The van der Waals surface area contributed by atoms with Crippen molar-refractivity contribution in [3.63, 3.8) is 0 Å². The van der Waals surface area contributed by atoms with Gasteiger partial charge in [0.15, 0.2) is 17.6 Å². The van der Waals surface area contributed by atoms with E-state index >= 15 is 0 Å². The van der Waals surface area contributed by atoms with E-state index in [1.54, 1.807) is 0 Å². The van der Waals surface area contributed by atoms with E-state index in [1.165, 1.54) is 36.5 Å². The molecule has 0 aromatic heterocycles. The Kier molecular flexibility index (Phi) is 6.21. The molecule has 1 aromatic rings. The molecule has 0 amide bonds. The highest BCUT2D eigenvalue weighted by Gasteiger charge is 2.39. The lowest BCUT2D eigenvalue weighted by molar-refractivity contribution is -0.132. The molecule has 0 saturated carbocycles. The average Bonchev–Trinajstić information content (AvgIpc) is 3.30. The van der Waals surface area contributed by atoms with E-state index in [2.05, 4.69) is 0 Å². The smallest absolute Gasteiger partial charge is 0.416 e. The fourth-order valence-electron chi connectivity index (χ4n) is 2.27. The number of carbonyl (C=O) groups is 2. The first-order valence-corrected chi connectivity index (χ1v) is 11.0. The molecule has 0 N–H and O–H groups in total. The highest BCUT2D eigenvalue weighted by Crippen LogP contribution is 2.68. The summed E-state index contributed by atoms with van der Waals surface area (Å²) in [6, 6.07) is 5.09. The van der Waals surface area contributed by atoms with Gasteiger partial charge in [-0.05, 0) is 13.8 Å². The lowest BCUT2D eigenvalue weighted by Gasteiger charge is -2.14. The van der Waals surface area contributed by atoms with E-state index in [1.807, 2.05) is 26.0 Å². The second-order valence-electron chi connectivity index (χ2n) is 5.65. The Morgan fingerprint density at radius 3 is 1.55 bits per heavy atom. The molecular weight excluding hydrogens is 450 g/mol. The van der Waals surface area contributed by atoms with Gasteiger partial charge in [-0.15, -0.1) is 0 Å². The Hall–Kier alpha value is -2.49. The van der Waals surface area contributed by atoms with Crippen LogP contribution in [-0.2, 0) is 9.59 Å². The van der Waals surface area contributed by atoms with Crippen LogP contribution in [0.2, 0.25) is 0 Å². The number of thioether (sulfide) groups is 4. The van der Waals surface area contributed by atoms with E-state index in [0.717, 1.165) is 33.3 Å². The second kappa shape index (κ2) is 8.48. The number of fused-ring (bicyclic) bond motifs is 2. The normalized spacial score (nSPS) is 13.5. The number of carbonyl (C=O) groups excluding carboxylic acids is 2. The molecule has 2 heterocycles. The molecule has 144 valence electrons. The molecule has 0 radical (unpaired) electrons. The molecule has 0 fully saturated rings. The van der Waals surface area contributed by atoms with E-state index in [4.69, 9.17) is 14.7 Å². The molecule has 11 heteroatoms. The Morgan fingerprint density at radius 1 is 0.724 bits per heavy atom. The monoisotopic (exact) mass is 459 g/mol. The van der Waals surface area contributed by atoms with Crippen LogP contribution in [-0.4, -0.2) is 11.9 Å². The SMILES string of the molecule is CC(=O)Oc1c2c(c(OC(=O)C#N)c3c1SC(=C(C#N)C#N)S3)SC(=C(C)C)S2. The number of rotatable bonds is 2. The minimum Gasteiger partial charge on any atom is -0.424 e. The molecule has 3 rings (SSSR count). The third-order valence-corrected chi connectivity index (χ3v) is 8.98. The molecule has 7 nitrogen and oxygen atoms in total. The first-order chi connectivity index (χ1) is 13.8. The van der Waals surface area contributed by atoms with Gasteiger partial charge in [0.25, 0.3) is 0 Å². The number of hydrogen-bond acceptors (Lipinski definition) is 11. The minimum absolute atomic E-state index is 0.104. The summed E-state index contributed by atoms with van der Waals surface area (Å²) in [7, 11) is 0. The molecule has 0 aliphatic carbocycles. The fraction of sp³-hybridized carbons (Fsp3) is 0.167. The Balaban J connectivity index is 2.31. The summed E-state index contributed by atoms with van der Waals surface area (Å²) in [5.74, 6) is -1.17. The van der Waals surface area contributed by atoms with Crippen molar-refractivity contribution < 1.29 is 19.1 Å². The summed E-state index contributed by atoms with van der Waals surface area (Å²) in [5.41, 5.74) is 0.924. The van der Waals surface area contributed by atoms with Gasteiger partial charge in [0.2, 0.25) is 0 Å². The predicted molar refractivity (Wildman–Crippen MR) is 109 cm³/mol. The van der Waals surface area contributed by atoms with Gasteiger partial charge in [0.05, 0.1) is 23.8 Å². The zero-order chi connectivity index (χ0) is 21.3. The second-order valence-corrected chi connectivity index (χ2v) is 10.3. The molecular formula is C18H9N3O4S4. The number of ether oxygens (including phenoxy) is 2. The van der Waals surface area contributed by atoms with Crippen LogP contribution in [0.1, 0.15) is 20.8 Å². The number of nitrogens with zero attached hydrogens (tertiary/aromatic N) is 3. The molecule has 0 bridgehead atoms. The largest absolute Gasteiger partial charge is 0.424 e. The zero-order valence-corrected chi connectivity index (χ0v) is 18.4. The maximum atomic E-state index is 11.8. The van der Waals surface area contributed by atoms with Gasteiger partial charge in [-0.1, -0.05) is 52.6 Å². The van der Waals surface area contributed by atoms with Crippen molar-refractivity contribution in [2.45, 2.75) is 40.4 Å². The number of nitriles is 3. The molecule has 1 aromatic carbocycles. The molecule has 2 aliphatic rings. The topological polar surface area (TPSA) is 124 Å². The van der Waals surface area contributed by atoms with E-state index < -0.39 is 11.9 Å². The molecule has 29 heavy (non-hydrogen) atoms. The average molecular weight is 460 g/mol. The van der Waals surface area contributed by atoms with Crippen molar-refractivity contribution >= 4 is 59.0 Å². The highest BCUT2D eigenvalue weighted by molar-refractivity contribution is 8.25. The van der Waals surface area contributed by atoms with Crippen LogP contribution >= 0.6 is 47.0 Å². The third kappa shape index (κ3) is 3.98. The number of benzene rings is 1. The van der Waals surface area contributed by atoms with Gasteiger partial charge in [-0.3, -0.25) is 4.79 Å². The van der Waals surface area contributed by atoms with Crippen molar-refractivity contribution in [2.75, 3.05) is 0 Å². The van der Waals surface area contributed by atoms with Gasteiger partial charge in [0.1, 0.15) is 17.7 Å². The fourth-order valence-corrected chi connectivity index (χ4v) is 7.46. The van der Waals surface area contributed by atoms with Gasteiger partial charge in [-0.2, -0.15) is 15.8 Å². The third-order valence-electron chi connectivity index (χ3n) is 3.38. The Labute approximate surface area is 183 Å². The van der Waals surface area contributed by atoms with Crippen LogP contribution in [0.25, 0.3) is 0 Å². The van der Waals surface area contributed by atoms with Gasteiger partial charge in [-0.25, -0.2) is 4.79 Å². The van der Waals surface area contributed by atoms with Crippen LogP contribution in [0.4, 0.5) is 0 Å². The van der Waals surface area contributed by atoms with E-state index in [0.29, 0.717) is 23.8 Å². The predicted octanol–water partition coefficient (Wildman–Crippen LogP) is 4.95. The Bertz CT molecular complexity index is 1150. The first kappa shape index (κ1) is 21.2. The van der Waals surface area contributed by atoms with Gasteiger partial charge < -0.3 is 9.47 Å². The lowest BCUT2D eigenvalue weighted by Crippen LogP contribution is -2.08. The molecule has 2 aliphatic heterocycles. The van der Waals surface area contributed by atoms with Crippen molar-refractivity contribution in [1.29, 1.82) is 15.8 Å². The van der Waals surface area contributed by atoms with Gasteiger partial charge in [0, 0.05) is 11.2 Å². The lowest BCUT2D eigenvalue weighted by atomic mass is 10.3. The van der Waals surface area contributed by atoms with Crippen molar-refractivity contribution in [3.8, 4) is 29.7 Å². The number of allylic oxidation sites excluding steroid dienone is 2. The van der Waals surface area contributed by atoms with Crippen LogP contribution < -0.4 is 9.47 Å². The summed E-state index contributed by atoms with van der Waals surface area (Å²) >= 11 is 4.88. The number of esters is 2. The molecule has 0 spiro atoms. The maximum absolute atomic E-state index is 11.8. The van der Waals surface area contributed by atoms with Crippen molar-refractivity contribution in [2.24, 2.45) is 0 Å². The number of hydrogen-bond donors (Lipinski definition) is 0. The molecule has 0 saturated heterocycles. The van der Waals surface area contributed by atoms with Crippen LogP contribution in [0.3, 0.4) is 0 Å². The maximum Gasteiger partial charge on any atom is 0.416 e. The quantitative estimate of drug-likeness (QED) is 0.258. The highest BCUT2D eigenvalue weighted by atomic mass is 32.2. The van der Waals surface area contributed by atoms with Crippen LogP contribution in [0.5, 0.6) is 11.5 Å². The standard InChI is InChI=1S/C18H9N3O4S4/c1-7(2)17-26-13-11(24-8(3)22)14-16(29-18(28-14)9(4-19)5-20)12(15(13)27-17)25-10(23)6-21/h1-3H3. The summed E-state index contributed by atoms with van der Waals surface area (Å²) in [6.45, 7) is 5.13. The molecule has 0 unspecified atom stereocenters. The van der Waals surface area contributed by atoms with Gasteiger partial charge >= 0.3 is 11.9 Å². The summed E-state index contributed by atoms with van der Waals surface area (Å²) in [4.78, 5) is 25.5. The first-order valence-electron chi connectivity index (χ1n) is 7.78.